The molecule has 0 bridgehead atoms. The molecule has 2 rings (SSSR count). The summed E-state index contributed by atoms with van der Waals surface area (Å²) in [6.07, 6.45) is 1.62. The van der Waals surface area contributed by atoms with Crippen LogP contribution in [0.5, 0.6) is 0 Å². The Kier molecular flexibility index (Phi) is 3.23. The van der Waals surface area contributed by atoms with Crippen LogP contribution in [-0.4, -0.2) is 11.1 Å². The van der Waals surface area contributed by atoms with Crippen LogP contribution in [0.25, 0.3) is 5.69 Å². The lowest BCUT2D eigenvalue weighted by molar-refractivity contribution is 0.626. The van der Waals surface area contributed by atoms with E-state index in [1.807, 2.05) is 6.92 Å². The molecule has 0 aliphatic carbocycles. The maximum Gasteiger partial charge on any atom is 0.278 e. The van der Waals surface area contributed by atoms with Crippen molar-refractivity contribution in [3.8, 4) is 5.69 Å². The molecule has 0 aliphatic rings. The number of anilines is 1. The van der Waals surface area contributed by atoms with E-state index in [9.17, 15) is 9.18 Å². The lowest BCUT2D eigenvalue weighted by Crippen LogP contribution is -2.21. The fraction of sp³-hybridized carbons (Fsp3) is 0.154. The number of pyridine rings is 1. The second kappa shape index (κ2) is 4.82. The molecule has 0 spiro atoms. The Morgan fingerprint density at radius 2 is 2.12 bits per heavy atom. The van der Waals surface area contributed by atoms with Crippen LogP contribution < -0.4 is 10.9 Å². The number of benzene rings is 1. The molecule has 1 aromatic carbocycles. The number of halogens is 1. The number of aromatic nitrogens is 1. The molecule has 1 N–H and O–H groups in total. The van der Waals surface area contributed by atoms with Crippen molar-refractivity contribution in [1.82, 2.24) is 4.57 Å². The predicted molar refractivity (Wildman–Crippen MR) is 66.2 cm³/mol. The molecule has 0 saturated carbocycles. The van der Waals surface area contributed by atoms with Gasteiger partial charge in [0.05, 0.1) is 5.69 Å². The summed E-state index contributed by atoms with van der Waals surface area (Å²) in [5, 5.41) is 2.97. The van der Waals surface area contributed by atoms with Gasteiger partial charge >= 0.3 is 0 Å². The van der Waals surface area contributed by atoms with E-state index in [0.717, 1.165) is 0 Å². The summed E-state index contributed by atoms with van der Waals surface area (Å²) in [4.78, 5) is 12.0. The quantitative estimate of drug-likeness (QED) is 0.881. The number of nitrogens with zero attached hydrogens (tertiary/aromatic N) is 1. The lowest BCUT2D eigenvalue weighted by Gasteiger charge is -2.08. The Labute approximate surface area is 98.5 Å². The van der Waals surface area contributed by atoms with E-state index in [-0.39, 0.29) is 11.4 Å². The average Bonchev–Trinajstić information content (AvgIpc) is 2.32. The van der Waals surface area contributed by atoms with Gasteiger partial charge in [0.2, 0.25) is 0 Å². The highest BCUT2D eigenvalue weighted by Crippen LogP contribution is 2.09. The second-order valence-electron chi connectivity index (χ2n) is 3.61. The van der Waals surface area contributed by atoms with Gasteiger partial charge in [0.1, 0.15) is 11.5 Å². The molecule has 1 heterocycles. The predicted octanol–water partition coefficient (Wildman–Crippen LogP) is 2.41. The minimum absolute atomic E-state index is 0.181. The molecule has 3 nitrogen and oxygen atoms in total. The molecule has 0 atom stereocenters. The van der Waals surface area contributed by atoms with E-state index in [1.54, 1.807) is 30.5 Å². The fourth-order valence-corrected chi connectivity index (χ4v) is 1.65. The summed E-state index contributed by atoms with van der Waals surface area (Å²) in [6, 6.07) is 9.42. The molecular weight excluding hydrogens is 219 g/mol. The van der Waals surface area contributed by atoms with Crippen molar-refractivity contribution in [2.24, 2.45) is 0 Å². The smallest absolute Gasteiger partial charge is 0.278 e. The number of hydrogen-bond acceptors (Lipinski definition) is 2. The minimum Gasteiger partial charge on any atom is -0.381 e. The van der Waals surface area contributed by atoms with Crippen molar-refractivity contribution >= 4 is 5.69 Å². The maximum atomic E-state index is 13.1. The topological polar surface area (TPSA) is 34.0 Å². The Bertz CT molecular complexity index is 578. The van der Waals surface area contributed by atoms with Crippen LogP contribution in [0.4, 0.5) is 10.1 Å². The van der Waals surface area contributed by atoms with E-state index in [0.29, 0.717) is 17.9 Å². The fourth-order valence-electron chi connectivity index (χ4n) is 1.65. The van der Waals surface area contributed by atoms with E-state index in [4.69, 9.17) is 0 Å². The first-order valence-electron chi connectivity index (χ1n) is 5.44. The first-order valence-corrected chi connectivity index (χ1v) is 5.44. The van der Waals surface area contributed by atoms with Crippen molar-refractivity contribution in [1.29, 1.82) is 0 Å². The van der Waals surface area contributed by atoms with Crippen molar-refractivity contribution in [2.45, 2.75) is 6.92 Å². The van der Waals surface area contributed by atoms with Crippen molar-refractivity contribution in [3.63, 3.8) is 0 Å². The van der Waals surface area contributed by atoms with Gasteiger partial charge in [-0.2, -0.15) is 0 Å². The Hall–Kier alpha value is -2.10. The van der Waals surface area contributed by atoms with Gasteiger partial charge in [-0.1, -0.05) is 6.07 Å². The Morgan fingerprint density at radius 1 is 1.29 bits per heavy atom. The van der Waals surface area contributed by atoms with Crippen LogP contribution in [0.2, 0.25) is 0 Å². The van der Waals surface area contributed by atoms with Gasteiger partial charge in [0, 0.05) is 12.7 Å². The molecule has 0 unspecified atom stereocenters. The minimum atomic E-state index is -0.358. The van der Waals surface area contributed by atoms with Crippen LogP contribution in [0.1, 0.15) is 6.92 Å². The Morgan fingerprint density at radius 3 is 2.82 bits per heavy atom. The summed E-state index contributed by atoms with van der Waals surface area (Å²) in [5.41, 5.74) is 0.856. The van der Waals surface area contributed by atoms with E-state index in [2.05, 4.69) is 5.32 Å². The third-order valence-electron chi connectivity index (χ3n) is 2.40. The standard InChI is InChI=1S/C13H13FN2O/c1-2-15-12-7-4-8-16(13(12)17)11-6-3-5-10(14)9-11/h3-9,15H,2H2,1H3. The summed E-state index contributed by atoms with van der Waals surface area (Å²) >= 11 is 0. The number of hydrogen-bond donors (Lipinski definition) is 1. The van der Waals surface area contributed by atoms with E-state index < -0.39 is 0 Å². The highest BCUT2D eigenvalue weighted by atomic mass is 19.1. The summed E-state index contributed by atoms with van der Waals surface area (Å²) in [7, 11) is 0. The zero-order chi connectivity index (χ0) is 12.3. The van der Waals surface area contributed by atoms with Gasteiger partial charge in [0.15, 0.2) is 0 Å². The van der Waals surface area contributed by atoms with Crippen LogP contribution in [0.15, 0.2) is 47.4 Å². The summed E-state index contributed by atoms with van der Waals surface area (Å²) < 4.78 is 14.5. The first kappa shape index (κ1) is 11.4. The van der Waals surface area contributed by atoms with E-state index in [1.165, 1.54) is 16.7 Å². The molecule has 0 radical (unpaired) electrons. The first-order chi connectivity index (χ1) is 8.22. The molecule has 0 amide bonds. The normalized spacial score (nSPS) is 10.2. The average molecular weight is 232 g/mol. The van der Waals surface area contributed by atoms with Gasteiger partial charge < -0.3 is 5.32 Å². The molecule has 88 valence electrons. The van der Waals surface area contributed by atoms with Gasteiger partial charge in [-0.15, -0.1) is 0 Å². The van der Waals surface area contributed by atoms with Crippen molar-refractivity contribution < 1.29 is 4.39 Å². The SMILES string of the molecule is CCNc1cccn(-c2cccc(F)c2)c1=O. The molecule has 1 aromatic heterocycles. The van der Waals surface area contributed by atoms with Crippen LogP contribution in [0.3, 0.4) is 0 Å². The van der Waals surface area contributed by atoms with Crippen LogP contribution >= 0.6 is 0 Å². The molecule has 0 saturated heterocycles. The number of rotatable bonds is 3. The second-order valence-corrected chi connectivity index (χ2v) is 3.61. The van der Waals surface area contributed by atoms with E-state index >= 15 is 0 Å². The van der Waals surface area contributed by atoms with Gasteiger partial charge in [0.25, 0.3) is 5.56 Å². The molecule has 0 aliphatic heterocycles. The number of nitrogens with one attached hydrogen (secondary N) is 1. The zero-order valence-electron chi connectivity index (χ0n) is 9.48. The Balaban J connectivity index is 2.53. The molecular formula is C13H13FN2O. The largest absolute Gasteiger partial charge is 0.381 e. The van der Waals surface area contributed by atoms with Crippen LogP contribution in [0, 0.1) is 5.82 Å². The molecule has 4 heteroatoms. The molecule has 2 aromatic rings. The molecule has 17 heavy (non-hydrogen) atoms. The third kappa shape index (κ3) is 2.36. The van der Waals surface area contributed by atoms with Crippen LogP contribution in [-0.2, 0) is 0 Å². The van der Waals surface area contributed by atoms with Gasteiger partial charge in [-0.25, -0.2) is 4.39 Å². The zero-order valence-corrected chi connectivity index (χ0v) is 9.48. The summed E-state index contributed by atoms with van der Waals surface area (Å²) in [5.74, 6) is -0.358. The van der Waals surface area contributed by atoms with Gasteiger partial charge in [-0.3, -0.25) is 9.36 Å². The highest BCUT2D eigenvalue weighted by Gasteiger charge is 2.04. The monoisotopic (exact) mass is 232 g/mol. The third-order valence-corrected chi connectivity index (χ3v) is 2.40. The van der Waals surface area contributed by atoms with Crippen molar-refractivity contribution in [3.05, 3.63) is 58.8 Å². The maximum absolute atomic E-state index is 13.1. The highest BCUT2D eigenvalue weighted by molar-refractivity contribution is 5.44. The van der Waals surface area contributed by atoms with Gasteiger partial charge in [-0.05, 0) is 37.3 Å². The molecule has 0 fully saturated rings. The summed E-state index contributed by atoms with van der Waals surface area (Å²) in [6.45, 7) is 2.58. The van der Waals surface area contributed by atoms with Crippen molar-refractivity contribution in [2.75, 3.05) is 11.9 Å². The lowest BCUT2D eigenvalue weighted by atomic mass is 10.3.